The Labute approximate surface area is 207 Å². The standard InChI is InChI=1S/C23H31BrN4O6/c1-23(2)33-18-16(13-29)32-21(19(18)34-23)28-11-9-17(27-22(28)25-10-4-12-31-3)26-20(30)14-5-7-15(24)8-6-14/h5-9,11,16,18-19,21-22,25,29H,4,10,12-13H2,1-3H3,(H,26,27,30)/t16-,18-,19-,21-,22?/m1/s1. The SMILES string of the molecule is COCCCNC1N=C(NC(=O)c2ccc(Br)cc2)C=CN1[C@@H]1O[C@H](CO)[C@H]2OC(C)(C)O[C@H]21. The zero-order valence-corrected chi connectivity index (χ0v) is 21.0. The van der Waals surface area contributed by atoms with Gasteiger partial charge in [-0.05, 0) is 50.6 Å². The number of methoxy groups -OCH3 is 1. The Morgan fingerprint density at radius 2 is 2.00 bits per heavy atom. The van der Waals surface area contributed by atoms with Crippen LogP contribution in [0.15, 0.2) is 46.0 Å². The normalized spacial score (nSPS) is 29.7. The van der Waals surface area contributed by atoms with E-state index in [0.717, 1.165) is 10.9 Å². The maximum atomic E-state index is 12.7. The summed E-state index contributed by atoms with van der Waals surface area (Å²) in [5, 5.41) is 16.1. The first-order valence-electron chi connectivity index (χ1n) is 11.3. The van der Waals surface area contributed by atoms with Gasteiger partial charge in [0.15, 0.2) is 18.3 Å². The molecule has 2 saturated heterocycles. The van der Waals surface area contributed by atoms with E-state index in [1.54, 1.807) is 25.3 Å². The molecular formula is C23H31BrN4O6. The van der Waals surface area contributed by atoms with Gasteiger partial charge in [-0.3, -0.25) is 10.1 Å². The molecule has 34 heavy (non-hydrogen) atoms. The van der Waals surface area contributed by atoms with Crippen molar-refractivity contribution in [2.24, 2.45) is 4.99 Å². The van der Waals surface area contributed by atoms with Crippen molar-refractivity contribution in [3.63, 3.8) is 0 Å². The molecule has 3 heterocycles. The Morgan fingerprint density at radius 1 is 1.26 bits per heavy atom. The van der Waals surface area contributed by atoms with Crippen LogP contribution in [0.5, 0.6) is 0 Å². The van der Waals surface area contributed by atoms with Gasteiger partial charge in [0.2, 0.25) is 0 Å². The van der Waals surface area contributed by atoms with Crippen LogP contribution in [0.25, 0.3) is 0 Å². The molecule has 0 aromatic heterocycles. The first kappa shape index (κ1) is 25.2. The number of nitrogens with one attached hydrogen (secondary N) is 2. The first-order chi connectivity index (χ1) is 16.3. The number of aliphatic imine (C=N–C) groups is 1. The highest BCUT2D eigenvalue weighted by Crippen LogP contribution is 2.40. The van der Waals surface area contributed by atoms with E-state index in [0.29, 0.717) is 24.6 Å². The molecule has 5 atom stereocenters. The van der Waals surface area contributed by atoms with Gasteiger partial charge in [0.25, 0.3) is 5.91 Å². The summed E-state index contributed by atoms with van der Waals surface area (Å²) in [7, 11) is 1.66. The van der Waals surface area contributed by atoms with Crippen LogP contribution in [-0.2, 0) is 18.9 Å². The van der Waals surface area contributed by atoms with Crippen LogP contribution in [0.1, 0.15) is 30.6 Å². The number of aliphatic hydroxyl groups is 1. The molecule has 10 nitrogen and oxygen atoms in total. The van der Waals surface area contributed by atoms with Gasteiger partial charge in [-0.1, -0.05) is 15.9 Å². The number of nitrogens with zero attached hydrogens (tertiary/aromatic N) is 2. The number of halogens is 1. The summed E-state index contributed by atoms with van der Waals surface area (Å²) in [4.78, 5) is 19.3. The minimum atomic E-state index is -0.779. The second-order valence-electron chi connectivity index (χ2n) is 8.72. The fraction of sp³-hybridized carbons (Fsp3) is 0.565. The van der Waals surface area contributed by atoms with Gasteiger partial charge >= 0.3 is 0 Å². The lowest BCUT2D eigenvalue weighted by Gasteiger charge is -2.37. The van der Waals surface area contributed by atoms with E-state index in [2.05, 4.69) is 26.6 Å². The lowest BCUT2D eigenvalue weighted by Crippen LogP contribution is -2.54. The zero-order valence-electron chi connectivity index (χ0n) is 19.4. The summed E-state index contributed by atoms with van der Waals surface area (Å²) < 4.78 is 24.3. The average Bonchev–Trinajstić information content (AvgIpc) is 3.30. The van der Waals surface area contributed by atoms with Crippen molar-refractivity contribution in [3.05, 3.63) is 46.6 Å². The molecular weight excluding hydrogens is 508 g/mol. The number of aliphatic hydroxyl groups excluding tert-OH is 1. The van der Waals surface area contributed by atoms with Gasteiger partial charge in [-0.2, -0.15) is 0 Å². The highest BCUT2D eigenvalue weighted by Gasteiger charge is 2.57. The average molecular weight is 539 g/mol. The number of ether oxygens (including phenoxy) is 4. The third-order valence-corrected chi connectivity index (χ3v) is 6.28. The van der Waals surface area contributed by atoms with E-state index in [9.17, 15) is 9.90 Å². The van der Waals surface area contributed by atoms with Crippen LogP contribution in [0.4, 0.5) is 0 Å². The van der Waals surface area contributed by atoms with Gasteiger partial charge < -0.3 is 34.3 Å². The van der Waals surface area contributed by atoms with Crippen LogP contribution >= 0.6 is 15.9 Å². The minimum Gasteiger partial charge on any atom is -0.394 e. The summed E-state index contributed by atoms with van der Waals surface area (Å²) in [5.41, 5.74) is 0.526. The molecule has 1 amide bonds. The smallest absolute Gasteiger partial charge is 0.256 e. The third-order valence-electron chi connectivity index (χ3n) is 5.75. The third kappa shape index (κ3) is 5.68. The van der Waals surface area contributed by atoms with Crippen molar-refractivity contribution in [1.82, 2.24) is 15.5 Å². The number of fused-ring (bicyclic) bond motifs is 1. The summed E-state index contributed by atoms with van der Waals surface area (Å²) in [6, 6.07) is 7.10. The molecule has 3 aliphatic rings. The number of hydrogen-bond donors (Lipinski definition) is 3. The molecule has 0 radical (unpaired) electrons. The minimum absolute atomic E-state index is 0.182. The molecule has 1 unspecified atom stereocenters. The number of amides is 1. The van der Waals surface area contributed by atoms with Crippen molar-refractivity contribution in [2.75, 3.05) is 26.9 Å². The van der Waals surface area contributed by atoms with Crippen LogP contribution in [0.3, 0.4) is 0 Å². The fourth-order valence-electron chi connectivity index (χ4n) is 4.21. The van der Waals surface area contributed by atoms with E-state index < -0.39 is 36.6 Å². The molecule has 2 fully saturated rings. The molecule has 1 aromatic carbocycles. The quantitative estimate of drug-likeness (QED) is 0.427. The fourth-order valence-corrected chi connectivity index (χ4v) is 4.48. The molecule has 186 valence electrons. The Bertz CT molecular complexity index is 925. The largest absolute Gasteiger partial charge is 0.394 e. The number of hydrogen-bond acceptors (Lipinski definition) is 9. The summed E-state index contributed by atoms with van der Waals surface area (Å²) in [6.07, 6.45) is 1.94. The zero-order chi connectivity index (χ0) is 24.3. The number of rotatable bonds is 8. The van der Waals surface area contributed by atoms with Crippen LogP contribution in [-0.4, -0.2) is 85.2 Å². The number of amidine groups is 1. The van der Waals surface area contributed by atoms with E-state index in [1.807, 2.05) is 37.1 Å². The monoisotopic (exact) mass is 538 g/mol. The Hall–Kier alpha value is -1.86. The van der Waals surface area contributed by atoms with Crippen LogP contribution in [0, 0.1) is 0 Å². The lowest BCUT2D eigenvalue weighted by atomic mass is 10.1. The molecule has 0 spiro atoms. The molecule has 3 aliphatic heterocycles. The topological polar surface area (TPSA) is 114 Å². The molecule has 0 saturated carbocycles. The predicted molar refractivity (Wildman–Crippen MR) is 128 cm³/mol. The van der Waals surface area contributed by atoms with E-state index >= 15 is 0 Å². The van der Waals surface area contributed by atoms with Gasteiger partial charge in [-0.15, -0.1) is 0 Å². The summed E-state index contributed by atoms with van der Waals surface area (Å²) in [6.45, 7) is 4.75. The van der Waals surface area contributed by atoms with Crippen molar-refractivity contribution < 1.29 is 28.8 Å². The lowest BCUT2D eigenvalue weighted by molar-refractivity contribution is -0.208. The highest BCUT2D eigenvalue weighted by molar-refractivity contribution is 9.10. The Balaban J connectivity index is 1.51. The van der Waals surface area contributed by atoms with Gasteiger partial charge in [0, 0.05) is 36.5 Å². The molecule has 0 aliphatic carbocycles. The molecule has 3 N–H and O–H groups in total. The number of carbonyl (C=O) groups excluding carboxylic acids is 1. The first-order valence-corrected chi connectivity index (χ1v) is 12.1. The Kier molecular flexibility index (Phi) is 8.03. The second kappa shape index (κ2) is 10.8. The molecule has 4 rings (SSSR count). The molecule has 11 heteroatoms. The van der Waals surface area contributed by atoms with E-state index in [-0.39, 0.29) is 12.5 Å². The van der Waals surface area contributed by atoms with Gasteiger partial charge in [0.1, 0.15) is 24.1 Å². The predicted octanol–water partition coefficient (Wildman–Crippen LogP) is 1.55. The number of benzene rings is 1. The van der Waals surface area contributed by atoms with Crippen LogP contribution < -0.4 is 10.6 Å². The molecule has 0 bridgehead atoms. The highest BCUT2D eigenvalue weighted by atomic mass is 79.9. The van der Waals surface area contributed by atoms with Crippen molar-refractivity contribution >= 4 is 27.7 Å². The summed E-state index contributed by atoms with van der Waals surface area (Å²) >= 11 is 3.37. The maximum absolute atomic E-state index is 12.7. The number of carbonyl (C=O) groups is 1. The van der Waals surface area contributed by atoms with E-state index in [1.165, 1.54) is 0 Å². The van der Waals surface area contributed by atoms with Crippen molar-refractivity contribution in [3.8, 4) is 0 Å². The molecule has 1 aromatic rings. The van der Waals surface area contributed by atoms with Crippen molar-refractivity contribution in [2.45, 2.75) is 56.9 Å². The van der Waals surface area contributed by atoms with Gasteiger partial charge in [0.05, 0.1) is 6.61 Å². The summed E-state index contributed by atoms with van der Waals surface area (Å²) in [5.74, 6) is -0.612. The maximum Gasteiger partial charge on any atom is 0.256 e. The van der Waals surface area contributed by atoms with E-state index in [4.69, 9.17) is 23.9 Å². The van der Waals surface area contributed by atoms with Crippen molar-refractivity contribution in [1.29, 1.82) is 0 Å². The van der Waals surface area contributed by atoms with Crippen LogP contribution in [0.2, 0.25) is 0 Å². The second-order valence-corrected chi connectivity index (χ2v) is 9.64. The Morgan fingerprint density at radius 3 is 2.71 bits per heavy atom. The van der Waals surface area contributed by atoms with Gasteiger partial charge in [-0.25, -0.2) is 4.99 Å².